The highest BCUT2D eigenvalue weighted by atomic mass is 16.5. The molecule has 1 N–H and O–H groups in total. The average molecular weight is 391 g/mol. The SMILES string of the molecule is COc1ccc2c(c1CN1CCOCC1)O/C(=C\c1c[nH]c3ncccc13)C2=O. The molecule has 0 amide bonds. The summed E-state index contributed by atoms with van der Waals surface area (Å²) in [5.41, 5.74) is 3.10. The molecule has 7 heteroatoms. The molecular formula is C22H21N3O4. The van der Waals surface area contributed by atoms with Crippen LogP contribution in [0.3, 0.4) is 0 Å². The number of aromatic amines is 1. The van der Waals surface area contributed by atoms with Crippen molar-refractivity contribution in [2.75, 3.05) is 33.4 Å². The molecule has 2 aliphatic rings. The molecule has 148 valence electrons. The van der Waals surface area contributed by atoms with E-state index in [9.17, 15) is 4.79 Å². The molecule has 0 bridgehead atoms. The van der Waals surface area contributed by atoms with E-state index in [1.54, 1.807) is 25.4 Å². The monoisotopic (exact) mass is 391 g/mol. The average Bonchev–Trinajstić information content (AvgIpc) is 3.31. The number of ether oxygens (including phenoxy) is 3. The highest BCUT2D eigenvalue weighted by Gasteiger charge is 2.32. The van der Waals surface area contributed by atoms with Crippen LogP contribution in [0.15, 0.2) is 42.4 Å². The van der Waals surface area contributed by atoms with Gasteiger partial charge in [-0.05, 0) is 30.3 Å². The van der Waals surface area contributed by atoms with Gasteiger partial charge in [0.1, 0.15) is 17.1 Å². The molecule has 0 atom stereocenters. The molecule has 0 spiro atoms. The van der Waals surface area contributed by atoms with Crippen molar-refractivity contribution in [2.45, 2.75) is 6.54 Å². The van der Waals surface area contributed by atoms with Gasteiger partial charge in [0, 0.05) is 43.0 Å². The first-order valence-electron chi connectivity index (χ1n) is 9.61. The second-order valence-electron chi connectivity index (χ2n) is 7.09. The summed E-state index contributed by atoms with van der Waals surface area (Å²) in [5.74, 6) is 1.50. The number of allylic oxidation sites excluding steroid dienone is 1. The zero-order valence-electron chi connectivity index (χ0n) is 16.1. The number of nitrogens with zero attached hydrogens (tertiary/aromatic N) is 2. The molecule has 4 heterocycles. The van der Waals surface area contributed by atoms with Gasteiger partial charge in [-0.2, -0.15) is 0 Å². The molecular weight excluding hydrogens is 370 g/mol. The number of methoxy groups -OCH3 is 1. The van der Waals surface area contributed by atoms with Crippen LogP contribution in [0, 0.1) is 0 Å². The van der Waals surface area contributed by atoms with Crippen molar-refractivity contribution in [3.8, 4) is 11.5 Å². The van der Waals surface area contributed by atoms with E-state index in [0.29, 0.717) is 36.8 Å². The van der Waals surface area contributed by atoms with E-state index in [-0.39, 0.29) is 5.78 Å². The number of aromatic nitrogens is 2. The van der Waals surface area contributed by atoms with Crippen molar-refractivity contribution in [3.63, 3.8) is 0 Å². The van der Waals surface area contributed by atoms with Crippen LogP contribution in [-0.4, -0.2) is 54.1 Å². The molecule has 5 rings (SSSR count). The highest BCUT2D eigenvalue weighted by molar-refractivity contribution is 6.15. The van der Waals surface area contributed by atoms with Gasteiger partial charge in [0.15, 0.2) is 5.76 Å². The Morgan fingerprint density at radius 3 is 2.97 bits per heavy atom. The standard InChI is InChI=1S/C22H21N3O4/c1-27-18-5-4-16-20(26)19(11-14-12-24-22-15(14)3-2-6-23-22)29-21(16)17(18)13-25-7-9-28-10-8-25/h2-6,11-12H,7-10,13H2,1H3,(H,23,24)/b19-11-. The summed E-state index contributed by atoms with van der Waals surface area (Å²) in [4.78, 5) is 22.7. The zero-order chi connectivity index (χ0) is 19.8. The maximum absolute atomic E-state index is 13.0. The minimum atomic E-state index is -0.121. The minimum absolute atomic E-state index is 0.121. The minimum Gasteiger partial charge on any atom is -0.496 e. The molecule has 1 saturated heterocycles. The first-order valence-corrected chi connectivity index (χ1v) is 9.61. The number of hydrogen-bond donors (Lipinski definition) is 1. The predicted molar refractivity (Wildman–Crippen MR) is 108 cm³/mol. The van der Waals surface area contributed by atoms with Gasteiger partial charge in [0.2, 0.25) is 5.78 Å². The molecule has 1 fully saturated rings. The van der Waals surface area contributed by atoms with Crippen molar-refractivity contribution in [1.29, 1.82) is 0 Å². The lowest BCUT2D eigenvalue weighted by molar-refractivity contribution is 0.0336. The summed E-state index contributed by atoms with van der Waals surface area (Å²) >= 11 is 0. The lowest BCUT2D eigenvalue weighted by Crippen LogP contribution is -2.35. The third-order valence-electron chi connectivity index (χ3n) is 5.37. The molecule has 1 aromatic carbocycles. The quantitative estimate of drug-likeness (QED) is 0.689. The Kier molecular flexibility index (Phi) is 4.54. The predicted octanol–water partition coefficient (Wildman–Crippen LogP) is 3.02. The van der Waals surface area contributed by atoms with Crippen LogP contribution in [0.1, 0.15) is 21.5 Å². The number of H-pyrrole nitrogens is 1. The van der Waals surface area contributed by atoms with Gasteiger partial charge < -0.3 is 19.2 Å². The van der Waals surface area contributed by atoms with Gasteiger partial charge in [-0.1, -0.05) is 0 Å². The number of pyridine rings is 1. The Hall–Kier alpha value is -3.16. The number of morpholine rings is 1. The summed E-state index contributed by atoms with van der Waals surface area (Å²) < 4.78 is 17.1. The Balaban J connectivity index is 1.52. The number of benzene rings is 1. The first-order chi connectivity index (χ1) is 14.2. The number of hydrogen-bond acceptors (Lipinski definition) is 6. The molecule has 7 nitrogen and oxygen atoms in total. The largest absolute Gasteiger partial charge is 0.496 e. The van der Waals surface area contributed by atoms with Crippen molar-refractivity contribution in [3.05, 3.63) is 59.1 Å². The Morgan fingerprint density at radius 2 is 2.14 bits per heavy atom. The number of nitrogens with one attached hydrogen (secondary N) is 1. The van der Waals surface area contributed by atoms with Crippen LogP contribution in [0.4, 0.5) is 0 Å². The number of rotatable bonds is 4. The van der Waals surface area contributed by atoms with E-state index in [4.69, 9.17) is 14.2 Å². The lowest BCUT2D eigenvalue weighted by Gasteiger charge is -2.27. The fraction of sp³-hybridized carbons (Fsp3) is 0.273. The number of carbonyl (C=O) groups is 1. The smallest absolute Gasteiger partial charge is 0.231 e. The van der Waals surface area contributed by atoms with E-state index in [0.717, 1.165) is 41.0 Å². The number of fused-ring (bicyclic) bond motifs is 2. The topological polar surface area (TPSA) is 76.7 Å². The maximum atomic E-state index is 13.0. The van der Waals surface area contributed by atoms with Gasteiger partial charge in [0.05, 0.1) is 31.5 Å². The molecule has 0 unspecified atom stereocenters. The van der Waals surface area contributed by atoms with Crippen molar-refractivity contribution in [1.82, 2.24) is 14.9 Å². The second kappa shape index (κ2) is 7.35. The van der Waals surface area contributed by atoms with Crippen molar-refractivity contribution in [2.24, 2.45) is 0 Å². The summed E-state index contributed by atoms with van der Waals surface area (Å²) in [7, 11) is 1.64. The third kappa shape index (κ3) is 3.18. The van der Waals surface area contributed by atoms with E-state index in [2.05, 4.69) is 14.9 Å². The number of carbonyl (C=O) groups excluding carboxylic acids is 1. The van der Waals surface area contributed by atoms with E-state index in [1.807, 2.05) is 24.4 Å². The van der Waals surface area contributed by atoms with Crippen molar-refractivity contribution >= 4 is 22.9 Å². The van der Waals surface area contributed by atoms with Crippen LogP contribution in [0.5, 0.6) is 11.5 Å². The number of Topliss-reactive ketones (excluding diaryl/α,β-unsaturated/α-hetero) is 1. The second-order valence-corrected chi connectivity index (χ2v) is 7.09. The van der Waals surface area contributed by atoms with Crippen LogP contribution in [0.25, 0.3) is 17.1 Å². The fourth-order valence-corrected chi connectivity index (χ4v) is 3.85. The van der Waals surface area contributed by atoms with Gasteiger partial charge in [-0.3, -0.25) is 9.69 Å². The van der Waals surface area contributed by atoms with Gasteiger partial charge in [-0.15, -0.1) is 0 Å². The van der Waals surface area contributed by atoms with Crippen LogP contribution in [0.2, 0.25) is 0 Å². The third-order valence-corrected chi connectivity index (χ3v) is 5.37. The van der Waals surface area contributed by atoms with Crippen molar-refractivity contribution < 1.29 is 19.0 Å². The summed E-state index contributed by atoms with van der Waals surface area (Å²) in [6, 6.07) is 7.45. The Morgan fingerprint density at radius 1 is 1.28 bits per heavy atom. The highest BCUT2D eigenvalue weighted by Crippen LogP contribution is 2.40. The molecule has 2 aromatic heterocycles. The normalized spacial score (nSPS) is 18.2. The number of ketones is 1. The molecule has 2 aliphatic heterocycles. The maximum Gasteiger partial charge on any atom is 0.231 e. The molecule has 0 aliphatic carbocycles. The van der Waals surface area contributed by atoms with Gasteiger partial charge in [-0.25, -0.2) is 4.98 Å². The molecule has 3 aromatic rings. The Bertz CT molecular complexity index is 1110. The first kappa shape index (κ1) is 17.9. The van der Waals surface area contributed by atoms with Crippen LogP contribution >= 0.6 is 0 Å². The molecule has 0 saturated carbocycles. The molecule has 29 heavy (non-hydrogen) atoms. The van der Waals surface area contributed by atoms with E-state index < -0.39 is 0 Å². The Labute approximate surface area is 167 Å². The zero-order valence-corrected chi connectivity index (χ0v) is 16.1. The lowest BCUT2D eigenvalue weighted by atomic mass is 10.0. The summed E-state index contributed by atoms with van der Waals surface area (Å²) in [5, 5.41) is 0.943. The summed E-state index contributed by atoms with van der Waals surface area (Å²) in [6.07, 6.45) is 5.33. The van der Waals surface area contributed by atoms with Crippen LogP contribution in [-0.2, 0) is 11.3 Å². The van der Waals surface area contributed by atoms with Crippen LogP contribution < -0.4 is 9.47 Å². The van der Waals surface area contributed by atoms with E-state index in [1.165, 1.54) is 0 Å². The van der Waals surface area contributed by atoms with Gasteiger partial charge in [0.25, 0.3) is 0 Å². The summed E-state index contributed by atoms with van der Waals surface area (Å²) in [6.45, 7) is 3.73. The van der Waals surface area contributed by atoms with Gasteiger partial charge >= 0.3 is 0 Å². The fourth-order valence-electron chi connectivity index (χ4n) is 3.85. The molecule has 0 radical (unpaired) electrons. The van der Waals surface area contributed by atoms with E-state index >= 15 is 0 Å².